The number of carbonyl (C=O) groups is 2. The minimum atomic E-state index is -3.33. The predicted molar refractivity (Wildman–Crippen MR) is 181 cm³/mol. The van der Waals surface area contributed by atoms with Crippen LogP contribution < -0.4 is 15.5 Å². The van der Waals surface area contributed by atoms with E-state index in [9.17, 15) is 22.8 Å². The van der Waals surface area contributed by atoms with Crippen molar-refractivity contribution in [2.24, 2.45) is 17.8 Å². The van der Waals surface area contributed by atoms with Gasteiger partial charge in [0, 0.05) is 45.2 Å². The van der Waals surface area contributed by atoms with Gasteiger partial charge in [-0.25, -0.2) is 17.9 Å². The van der Waals surface area contributed by atoms with Gasteiger partial charge >= 0.3 is 5.97 Å². The molecule has 5 atom stereocenters. The van der Waals surface area contributed by atoms with Crippen molar-refractivity contribution in [3.63, 3.8) is 0 Å². The molecule has 2 N–H and O–H groups in total. The molecule has 0 radical (unpaired) electrons. The average molecular weight is 674 g/mol. The summed E-state index contributed by atoms with van der Waals surface area (Å²) in [5.41, 5.74) is 2.11. The largest absolute Gasteiger partial charge is 0.464 e. The van der Waals surface area contributed by atoms with Crippen molar-refractivity contribution in [1.82, 2.24) is 14.6 Å². The molecular formula is C36H36ClN3O6S. The summed E-state index contributed by atoms with van der Waals surface area (Å²) in [6.45, 7) is 0. The molecule has 0 aliphatic heterocycles. The number of pyridine rings is 1. The lowest BCUT2D eigenvalue weighted by Crippen LogP contribution is -2.66. The number of benzene rings is 3. The van der Waals surface area contributed by atoms with E-state index in [1.54, 1.807) is 47.0 Å². The fraction of sp³-hybridized carbons (Fsp3) is 0.361. The number of aromatic nitrogens is 1. The summed E-state index contributed by atoms with van der Waals surface area (Å²) in [6, 6.07) is 21.3. The van der Waals surface area contributed by atoms with Crippen molar-refractivity contribution in [1.29, 1.82) is 0 Å². The molecule has 47 heavy (non-hydrogen) atoms. The van der Waals surface area contributed by atoms with Crippen LogP contribution in [0.25, 0.3) is 16.6 Å². The molecule has 1 heterocycles. The number of amides is 1. The molecule has 8 rings (SSSR count). The Morgan fingerprint density at radius 2 is 1.66 bits per heavy atom. The van der Waals surface area contributed by atoms with Gasteiger partial charge in [-0.05, 0) is 97.9 Å². The summed E-state index contributed by atoms with van der Waals surface area (Å²) in [5.74, 6) is 0.101. The smallest absolute Gasteiger partial charge is 0.355 e. The highest BCUT2D eigenvalue weighted by atomic mass is 35.5. The quantitative estimate of drug-likeness (QED) is 0.247. The van der Waals surface area contributed by atoms with E-state index < -0.39 is 21.5 Å². The highest BCUT2D eigenvalue weighted by molar-refractivity contribution is 7.88. The first-order chi connectivity index (χ1) is 22.4. The molecule has 0 unspecified atom stereocenters. The van der Waals surface area contributed by atoms with Crippen LogP contribution in [0.5, 0.6) is 0 Å². The first-order valence-corrected chi connectivity index (χ1v) is 18.1. The molecule has 4 fully saturated rings. The van der Waals surface area contributed by atoms with Gasteiger partial charge in [0.1, 0.15) is 5.69 Å². The molecule has 1 aromatic heterocycles. The molecule has 4 saturated carbocycles. The number of esters is 1. The Labute approximate surface area is 278 Å². The standard InChI is InChI=1S/C36H36ClN3O6S/c1-46-35(43)32-29(33(41)28-13-12-26(37)17-30(28)40(32)27-6-4-3-5-7-27)16-21-8-10-23(11-9-21)34(42)38-31-24-14-22-15-25(31)20-36(18-22,19-24)39-47(2,44)45/h3-13,17,22,24-25,31,39H,14-16,18-20H2,1-2H3,(H,38,42)/t22-,24-,25+,31-,36-. The van der Waals surface area contributed by atoms with E-state index >= 15 is 0 Å². The van der Waals surface area contributed by atoms with Crippen LogP contribution in [0, 0.1) is 17.8 Å². The van der Waals surface area contributed by atoms with Crippen LogP contribution in [0.1, 0.15) is 64.1 Å². The lowest BCUT2D eigenvalue weighted by atomic mass is 9.51. The first kappa shape index (κ1) is 31.6. The summed E-state index contributed by atoms with van der Waals surface area (Å²) in [5, 5.41) is 4.12. The summed E-state index contributed by atoms with van der Waals surface area (Å²) < 4.78 is 34.1. The van der Waals surface area contributed by atoms with E-state index in [1.165, 1.54) is 13.4 Å². The van der Waals surface area contributed by atoms with Gasteiger partial charge < -0.3 is 14.6 Å². The van der Waals surface area contributed by atoms with E-state index in [2.05, 4.69) is 10.0 Å². The third kappa shape index (κ3) is 5.98. The maximum atomic E-state index is 13.9. The molecular weight excluding hydrogens is 638 g/mol. The average Bonchev–Trinajstić information content (AvgIpc) is 3.02. The number of nitrogens with zero attached hydrogens (tertiary/aromatic N) is 1. The normalized spacial score (nSPS) is 24.7. The number of hydrogen-bond acceptors (Lipinski definition) is 6. The first-order valence-electron chi connectivity index (χ1n) is 15.8. The number of hydrogen-bond donors (Lipinski definition) is 2. The van der Waals surface area contributed by atoms with Crippen molar-refractivity contribution >= 4 is 44.4 Å². The molecule has 4 aliphatic carbocycles. The third-order valence-corrected chi connectivity index (χ3v) is 11.2. The summed E-state index contributed by atoms with van der Waals surface area (Å²) in [7, 11) is -2.04. The number of methoxy groups -OCH3 is 1. The zero-order chi connectivity index (χ0) is 33.1. The van der Waals surface area contributed by atoms with Crippen molar-refractivity contribution in [3.05, 3.63) is 110 Å². The number of halogens is 1. The van der Waals surface area contributed by atoms with E-state index in [0.29, 0.717) is 33.1 Å². The Hall–Kier alpha value is -3.99. The number of fused-ring (bicyclic) bond motifs is 1. The number of nitrogens with one attached hydrogen (secondary N) is 2. The van der Waals surface area contributed by atoms with Gasteiger partial charge in [-0.1, -0.05) is 41.9 Å². The minimum absolute atomic E-state index is 0.00150. The molecule has 3 aromatic carbocycles. The van der Waals surface area contributed by atoms with E-state index in [0.717, 1.165) is 37.7 Å². The second-order valence-corrected chi connectivity index (χ2v) is 15.7. The van der Waals surface area contributed by atoms with Crippen molar-refractivity contribution < 1.29 is 22.7 Å². The van der Waals surface area contributed by atoms with E-state index in [1.807, 2.05) is 30.3 Å². The van der Waals surface area contributed by atoms with E-state index in [-0.39, 0.29) is 46.9 Å². The van der Waals surface area contributed by atoms with Gasteiger partial charge in [-0.15, -0.1) is 0 Å². The Balaban J connectivity index is 1.17. The van der Waals surface area contributed by atoms with Gasteiger partial charge in [0.2, 0.25) is 10.0 Å². The summed E-state index contributed by atoms with van der Waals surface area (Å²) >= 11 is 6.34. The zero-order valence-corrected chi connectivity index (χ0v) is 27.7. The lowest BCUT2D eigenvalue weighted by Gasteiger charge is -2.59. The molecule has 244 valence electrons. The summed E-state index contributed by atoms with van der Waals surface area (Å²) in [6.07, 6.45) is 5.69. The van der Waals surface area contributed by atoms with Crippen LogP contribution in [-0.2, 0) is 21.2 Å². The van der Waals surface area contributed by atoms with Crippen LogP contribution in [0.15, 0.2) is 77.6 Å². The SMILES string of the molecule is COC(=O)c1c(Cc2ccc(C(=O)N[C@@H]3[C@@H]4C[C@@H]5C[C@H]3C[C@@](NS(C)(=O)=O)(C5)C4)cc2)c(=O)c2ccc(Cl)cc2n1-c1ccccc1. The number of ether oxygens (including phenoxy) is 1. The molecule has 0 spiro atoms. The van der Waals surface area contributed by atoms with Crippen LogP contribution in [-0.4, -0.2) is 49.8 Å². The van der Waals surface area contributed by atoms with Gasteiger partial charge in [-0.3, -0.25) is 9.59 Å². The minimum Gasteiger partial charge on any atom is -0.464 e. The molecule has 4 aromatic rings. The van der Waals surface area contributed by atoms with E-state index in [4.69, 9.17) is 16.3 Å². The fourth-order valence-electron chi connectivity index (χ4n) is 8.72. The highest BCUT2D eigenvalue weighted by Gasteiger charge is 2.56. The highest BCUT2D eigenvalue weighted by Crippen LogP contribution is 2.56. The molecule has 4 aliphatic rings. The van der Waals surface area contributed by atoms with Gasteiger partial charge in [0.15, 0.2) is 5.43 Å². The topological polar surface area (TPSA) is 124 Å². The molecule has 0 saturated heterocycles. The molecule has 4 bridgehead atoms. The fourth-order valence-corrected chi connectivity index (χ4v) is 9.92. The van der Waals surface area contributed by atoms with Gasteiger partial charge in [0.05, 0.1) is 18.9 Å². The maximum Gasteiger partial charge on any atom is 0.355 e. The van der Waals surface area contributed by atoms with Gasteiger partial charge in [-0.2, -0.15) is 0 Å². The van der Waals surface area contributed by atoms with Crippen molar-refractivity contribution in [2.45, 2.75) is 50.1 Å². The number of rotatable bonds is 8. The monoisotopic (exact) mass is 673 g/mol. The van der Waals surface area contributed by atoms with Crippen LogP contribution >= 0.6 is 11.6 Å². The number of para-hydroxylation sites is 1. The van der Waals surface area contributed by atoms with Crippen LogP contribution in [0.4, 0.5) is 0 Å². The number of sulfonamides is 1. The second kappa shape index (κ2) is 11.9. The maximum absolute atomic E-state index is 13.9. The predicted octanol–water partition coefficient (Wildman–Crippen LogP) is 5.25. The summed E-state index contributed by atoms with van der Waals surface area (Å²) in [4.78, 5) is 40.7. The van der Waals surface area contributed by atoms with Crippen molar-refractivity contribution in [2.75, 3.05) is 13.4 Å². The van der Waals surface area contributed by atoms with Gasteiger partial charge in [0.25, 0.3) is 5.91 Å². The second-order valence-electron chi connectivity index (χ2n) is 13.5. The van der Waals surface area contributed by atoms with Crippen molar-refractivity contribution in [3.8, 4) is 5.69 Å². The van der Waals surface area contributed by atoms with Crippen LogP contribution in [0.3, 0.4) is 0 Å². The number of carbonyl (C=O) groups excluding carboxylic acids is 2. The molecule has 11 heteroatoms. The van der Waals surface area contributed by atoms with Crippen LogP contribution in [0.2, 0.25) is 5.02 Å². The Morgan fingerprint density at radius 3 is 2.30 bits per heavy atom. The molecule has 1 amide bonds. The Kier molecular flexibility index (Phi) is 8.01. The third-order valence-electron chi connectivity index (χ3n) is 10.2. The zero-order valence-electron chi connectivity index (χ0n) is 26.2. The lowest BCUT2D eigenvalue weighted by molar-refractivity contribution is -0.0347. The Bertz CT molecular complexity index is 2050. The Morgan fingerprint density at radius 1 is 0.979 bits per heavy atom. The molecule has 9 nitrogen and oxygen atoms in total.